The van der Waals surface area contributed by atoms with Gasteiger partial charge in [-0.3, -0.25) is 14.5 Å². The fraction of sp³-hybridized carbons (Fsp3) is 0.778. The summed E-state index contributed by atoms with van der Waals surface area (Å²) >= 11 is 0. The summed E-state index contributed by atoms with van der Waals surface area (Å²) in [6.45, 7) is 6.15. The summed E-state index contributed by atoms with van der Waals surface area (Å²) in [6.07, 6.45) is 1.13. The Morgan fingerprint density at radius 1 is 1.42 bits per heavy atom. The van der Waals surface area contributed by atoms with Gasteiger partial charge in [0.15, 0.2) is 0 Å². The molecule has 0 radical (unpaired) electrons. The minimum Gasteiger partial charge on any atom is -0.282 e. The highest BCUT2D eigenvalue weighted by atomic mass is 16.2. The van der Waals surface area contributed by atoms with Crippen molar-refractivity contribution < 1.29 is 9.59 Å². The Kier molecular flexibility index (Phi) is 2.22. The van der Waals surface area contributed by atoms with Crippen molar-refractivity contribution in [3.63, 3.8) is 0 Å². The number of hydrogen-bond donors (Lipinski definition) is 0. The second-order valence-corrected chi connectivity index (χ2v) is 3.53. The number of amides is 2. The van der Waals surface area contributed by atoms with Gasteiger partial charge in [0.1, 0.15) is 0 Å². The molecule has 0 saturated carbocycles. The number of carbonyl (C=O) groups is 2. The highest BCUT2D eigenvalue weighted by molar-refractivity contribution is 6.05. The predicted molar refractivity (Wildman–Crippen MR) is 45.4 cm³/mol. The van der Waals surface area contributed by atoms with Gasteiger partial charge in [-0.1, -0.05) is 13.8 Å². The molecule has 3 nitrogen and oxygen atoms in total. The average Bonchev–Trinajstić information content (AvgIpc) is 2.25. The van der Waals surface area contributed by atoms with E-state index in [1.54, 1.807) is 0 Å². The van der Waals surface area contributed by atoms with Crippen molar-refractivity contribution in [3.05, 3.63) is 0 Å². The molecule has 1 heterocycles. The maximum Gasteiger partial charge on any atom is 0.235 e. The highest BCUT2D eigenvalue weighted by Gasteiger charge is 2.45. The number of rotatable bonds is 2. The SMILES string of the molecule is CCN1C(=O)C[C@](C)(CC)C1=O. The molecule has 0 spiro atoms. The van der Waals surface area contributed by atoms with E-state index in [-0.39, 0.29) is 11.8 Å². The molecule has 68 valence electrons. The van der Waals surface area contributed by atoms with E-state index in [0.717, 1.165) is 6.42 Å². The summed E-state index contributed by atoms with van der Waals surface area (Å²) in [4.78, 5) is 24.3. The van der Waals surface area contributed by atoms with Crippen LogP contribution in [0.1, 0.15) is 33.6 Å². The van der Waals surface area contributed by atoms with E-state index in [1.807, 2.05) is 20.8 Å². The minimum absolute atomic E-state index is 0.00231. The Hall–Kier alpha value is -0.860. The van der Waals surface area contributed by atoms with Crippen molar-refractivity contribution in [3.8, 4) is 0 Å². The zero-order valence-corrected chi connectivity index (χ0v) is 7.89. The van der Waals surface area contributed by atoms with Crippen molar-refractivity contribution in [1.82, 2.24) is 4.90 Å². The number of nitrogens with zero attached hydrogens (tertiary/aromatic N) is 1. The maximum absolute atomic E-state index is 11.6. The van der Waals surface area contributed by atoms with E-state index in [0.29, 0.717) is 13.0 Å². The molecule has 0 aromatic heterocycles. The third-order valence-corrected chi connectivity index (χ3v) is 2.70. The topological polar surface area (TPSA) is 37.4 Å². The summed E-state index contributed by atoms with van der Waals surface area (Å²) in [6, 6.07) is 0. The van der Waals surface area contributed by atoms with E-state index in [4.69, 9.17) is 0 Å². The fourth-order valence-corrected chi connectivity index (χ4v) is 1.54. The summed E-state index contributed by atoms with van der Waals surface area (Å²) in [5.41, 5.74) is -0.424. The van der Waals surface area contributed by atoms with Gasteiger partial charge in [-0.25, -0.2) is 0 Å². The summed E-state index contributed by atoms with van der Waals surface area (Å²) in [5, 5.41) is 0. The van der Waals surface area contributed by atoms with Crippen LogP contribution < -0.4 is 0 Å². The Bertz CT molecular complexity index is 225. The molecule has 0 unspecified atom stereocenters. The molecule has 0 N–H and O–H groups in total. The molecule has 0 aromatic carbocycles. The Labute approximate surface area is 72.7 Å². The normalized spacial score (nSPS) is 30.1. The lowest BCUT2D eigenvalue weighted by Crippen LogP contribution is -2.33. The zero-order valence-electron chi connectivity index (χ0n) is 7.89. The molecule has 1 fully saturated rings. The van der Waals surface area contributed by atoms with Gasteiger partial charge in [0.05, 0.1) is 5.41 Å². The van der Waals surface area contributed by atoms with Gasteiger partial charge in [-0.05, 0) is 13.3 Å². The molecule has 12 heavy (non-hydrogen) atoms. The van der Waals surface area contributed by atoms with Crippen LogP contribution in [0.15, 0.2) is 0 Å². The van der Waals surface area contributed by atoms with Gasteiger partial charge in [0, 0.05) is 13.0 Å². The first-order chi connectivity index (χ1) is 5.55. The van der Waals surface area contributed by atoms with Crippen LogP contribution >= 0.6 is 0 Å². The molecule has 0 aliphatic carbocycles. The Morgan fingerprint density at radius 2 is 2.00 bits per heavy atom. The van der Waals surface area contributed by atoms with E-state index < -0.39 is 5.41 Å². The number of imide groups is 1. The van der Waals surface area contributed by atoms with Gasteiger partial charge in [0.25, 0.3) is 0 Å². The van der Waals surface area contributed by atoms with E-state index in [1.165, 1.54) is 4.90 Å². The van der Waals surface area contributed by atoms with E-state index in [2.05, 4.69) is 0 Å². The average molecular weight is 169 g/mol. The van der Waals surface area contributed by atoms with Crippen molar-refractivity contribution in [2.75, 3.05) is 6.54 Å². The van der Waals surface area contributed by atoms with Crippen molar-refractivity contribution in [2.45, 2.75) is 33.6 Å². The molecular formula is C9H15NO2. The number of likely N-dealkylation sites (tertiary alicyclic amines) is 1. The number of hydrogen-bond acceptors (Lipinski definition) is 2. The third kappa shape index (κ3) is 1.13. The summed E-state index contributed by atoms with van der Waals surface area (Å²) < 4.78 is 0. The lowest BCUT2D eigenvalue weighted by atomic mass is 9.86. The van der Waals surface area contributed by atoms with Gasteiger partial charge in [-0.2, -0.15) is 0 Å². The molecule has 1 atom stereocenters. The lowest BCUT2D eigenvalue weighted by molar-refractivity contribution is -0.140. The monoisotopic (exact) mass is 169 g/mol. The molecule has 1 aliphatic heterocycles. The molecule has 1 aliphatic rings. The number of carbonyl (C=O) groups excluding carboxylic acids is 2. The minimum atomic E-state index is -0.424. The molecule has 2 amide bonds. The Morgan fingerprint density at radius 3 is 2.25 bits per heavy atom. The largest absolute Gasteiger partial charge is 0.282 e. The van der Waals surface area contributed by atoms with Crippen molar-refractivity contribution in [1.29, 1.82) is 0 Å². The first-order valence-electron chi connectivity index (χ1n) is 4.40. The maximum atomic E-state index is 11.6. The highest BCUT2D eigenvalue weighted by Crippen LogP contribution is 2.34. The van der Waals surface area contributed by atoms with Crippen LogP contribution in [0.4, 0.5) is 0 Å². The molecule has 0 aromatic rings. The van der Waals surface area contributed by atoms with Crippen LogP contribution in [-0.4, -0.2) is 23.3 Å². The molecular weight excluding hydrogens is 154 g/mol. The fourth-order valence-electron chi connectivity index (χ4n) is 1.54. The van der Waals surface area contributed by atoms with Gasteiger partial charge in [-0.15, -0.1) is 0 Å². The lowest BCUT2D eigenvalue weighted by Gasteiger charge is -2.18. The Balaban J connectivity index is 2.89. The van der Waals surface area contributed by atoms with Gasteiger partial charge >= 0.3 is 0 Å². The van der Waals surface area contributed by atoms with Crippen LogP contribution in [0.3, 0.4) is 0 Å². The van der Waals surface area contributed by atoms with Crippen LogP contribution in [0, 0.1) is 5.41 Å². The van der Waals surface area contributed by atoms with Crippen LogP contribution in [0.5, 0.6) is 0 Å². The standard InChI is InChI=1S/C9H15NO2/c1-4-9(3)6-7(11)10(5-2)8(9)12/h4-6H2,1-3H3/t9-/m0/s1. The van der Waals surface area contributed by atoms with Gasteiger partial charge < -0.3 is 0 Å². The molecule has 3 heteroatoms. The predicted octanol–water partition coefficient (Wildman–Crippen LogP) is 1.18. The van der Waals surface area contributed by atoms with Gasteiger partial charge in [0.2, 0.25) is 11.8 Å². The van der Waals surface area contributed by atoms with E-state index in [9.17, 15) is 9.59 Å². The molecule has 0 bridgehead atoms. The second-order valence-electron chi connectivity index (χ2n) is 3.53. The smallest absolute Gasteiger partial charge is 0.235 e. The quantitative estimate of drug-likeness (QED) is 0.582. The molecule has 1 rings (SSSR count). The van der Waals surface area contributed by atoms with Crippen LogP contribution in [0.25, 0.3) is 0 Å². The van der Waals surface area contributed by atoms with Crippen LogP contribution in [-0.2, 0) is 9.59 Å². The summed E-state index contributed by atoms with van der Waals surface area (Å²) in [5.74, 6) is -0.0237. The van der Waals surface area contributed by atoms with Crippen molar-refractivity contribution >= 4 is 11.8 Å². The first-order valence-corrected chi connectivity index (χ1v) is 4.40. The summed E-state index contributed by atoms with van der Waals surface area (Å²) in [7, 11) is 0. The first kappa shape index (κ1) is 9.23. The third-order valence-electron chi connectivity index (χ3n) is 2.70. The van der Waals surface area contributed by atoms with Crippen LogP contribution in [0.2, 0.25) is 0 Å². The molecule has 1 saturated heterocycles. The van der Waals surface area contributed by atoms with E-state index >= 15 is 0 Å². The second kappa shape index (κ2) is 2.88. The zero-order chi connectivity index (χ0) is 9.35. The van der Waals surface area contributed by atoms with Crippen molar-refractivity contribution in [2.24, 2.45) is 5.41 Å².